The number of carbonyl (C=O) groups excluding carboxylic acids is 2. The average molecular weight is 494 g/mol. The molecule has 7 heteroatoms. The van der Waals surface area contributed by atoms with Crippen molar-refractivity contribution >= 4 is 23.2 Å². The van der Waals surface area contributed by atoms with Gasteiger partial charge in [0, 0.05) is 17.3 Å². The Hall–Kier alpha value is -4.26. The third-order valence-electron chi connectivity index (χ3n) is 6.70. The second-order valence-corrected chi connectivity index (χ2v) is 9.53. The molecule has 1 unspecified atom stereocenters. The highest BCUT2D eigenvalue weighted by atomic mass is 16.2. The van der Waals surface area contributed by atoms with Crippen LogP contribution in [0.4, 0.5) is 11.4 Å². The van der Waals surface area contributed by atoms with Crippen LogP contribution in [-0.4, -0.2) is 39.2 Å². The lowest BCUT2D eigenvalue weighted by molar-refractivity contribution is -0.123. The van der Waals surface area contributed by atoms with Gasteiger partial charge in [0.15, 0.2) is 11.6 Å². The van der Waals surface area contributed by atoms with Gasteiger partial charge in [0.2, 0.25) is 11.8 Å². The lowest BCUT2D eigenvalue weighted by Gasteiger charge is -2.31. The van der Waals surface area contributed by atoms with E-state index in [4.69, 9.17) is 0 Å². The van der Waals surface area contributed by atoms with Crippen molar-refractivity contribution in [3.63, 3.8) is 0 Å². The first-order chi connectivity index (χ1) is 18.0. The van der Waals surface area contributed by atoms with Crippen LogP contribution in [0, 0.1) is 0 Å². The highest BCUT2D eigenvalue weighted by molar-refractivity contribution is 6.07. The van der Waals surface area contributed by atoms with Crippen LogP contribution in [0.15, 0.2) is 84.9 Å². The lowest BCUT2D eigenvalue weighted by Crippen LogP contribution is -2.47. The topological polar surface area (TPSA) is 71.3 Å². The maximum atomic E-state index is 14.1. The fourth-order valence-corrected chi connectivity index (χ4v) is 5.07. The summed E-state index contributed by atoms with van der Waals surface area (Å²) >= 11 is 0. The van der Waals surface area contributed by atoms with Crippen LogP contribution in [0.3, 0.4) is 0 Å². The maximum Gasteiger partial charge on any atom is 0.247 e. The summed E-state index contributed by atoms with van der Waals surface area (Å²) in [5, 5.41) is 9.06. The summed E-state index contributed by atoms with van der Waals surface area (Å²) in [6.45, 7) is 5.95. The number of fused-ring (bicyclic) bond motifs is 3. The van der Waals surface area contributed by atoms with E-state index in [1.165, 1.54) is 0 Å². The number of para-hydroxylation sites is 3. The molecule has 188 valence electrons. The fourth-order valence-electron chi connectivity index (χ4n) is 5.07. The van der Waals surface area contributed by atoms with E-state index in [2.05, 4.69) is 17.1 Å². The smallest absolute Gasteiger partial charge is 0.247 e. The predicted octanol–water partition coefficient (Wildman–Crippen LogP) is 5.61. The van der Waals surface area contributed by atoms with Gasteiger partial charge in [0.1, 0.15) is 6.54 Å². The molecule has 0 spiro atoms. The molecule has 0 aliphatic carbocycles. The standard InChI is InChI=1S/C30H31N5O2/c1-4-13-24-29-32-31-28(22-14-7-5-8-15-22)35(29)26-19-12-11-18-25(26)33(30(24)37)20-27(36)34(21(2)3)23-16-9-6-10-17-23/h5-12,14-19,21,24H,4,13,20H2,1-3H3. The first-order valence-corrected chi connectivity index (χ1v) is 12.8. The number of rotatable bonds is 7. The molecule has 0 N–H and O–H groups in total. The summed E-state index contributed by atoms with van der Waals surface area (Å²) in [4.78, 5) is 31.3. The molecular formula is C30H31N5O2. The molecule has 1 aliphatic heterocycles. The first-order valence-electron chi connectivity index (χ1n) is 12.8. The van der Waals surface area contributed by atoms with Gasteiger partial charge < -0.3 is 9.80 Å². The Morgan fingerprint density at radius 2 is 1.51 bits per heavy atom. The third kappa shape index (κ3) is 4.53. The molecule has 0 radical (unpaired) electrons. The number of nitrogens with zero attached hydrogens (tertiary/aromatic N) is 5. The molecule has 2 heterocycles. The Balaban J connectivity index is 1.63. The Kier molecular flexibility index (Phi) is 6.86. The van der Waals surface area contributed by atoms with Crippen molar-refractivity contribution in [2.24, 2.45) is 0 Å². The van der Waals surface area contributed by atoms with Crippen LogP contribution >= 0.6 is 0 Å². The largest absolute Gasteiger partial charge is 0.308 e. The average Bonchev–Trinajstić information content (AvgIpc) is 3.32. The second kappa shape index (κ2) is 10.4. The molecule has 3 aromatic carbocycles. The van der Waals surface area contributed by atoms with Crippen molar-refractivity contribution in [3.05, 3.63) is 90.8 Å². The molecular weight excluding hydrogens is 462 g/mol. The summed E-state index contributed by atoms with van der Waals surface area (Å²) in [5.74, 6) is 0.500. The van der Waals surface area contributed by atoms with Gasteiger partial charge in [-0.1, -0.05) is 74.0 Å². The first kappa shape index (κ1) is 24.4. The second-order valence-electron chi connectivity index (χ2n) is 9.53. The van der Waals surface area contributed by atoms with Crippen LogP contribution in [0.1, 0.15) is 45.4 Å². The van der Waals surface area contributed by atoms with E-state index in [-0.39, 0.29) is 24.4 Å². The molecule has 0 bridgehead atoms. The lowest BCUT2D eigenvalue weighted by atomic mass is 10.0. The van der Waals surface area contributed by atoms with E-state index in [1.54, 1.807) is 9.80 Å². The molecule has 5 rings (SSSR count). The van der Waals surface area contributed by atoms with Crippen molar-refractivity contribution in [1.29, 1.82) is 0 Å². The fraction of sp³-hybridized carbons (Fsp3) is 0.267. The van der Waals surface area contributed by atoms with E-state index in [0.717, 1.165) is 23.4 Å². The van der Waals surface area contributed by atoms with Crippen molar-refractivity contribution in [2.75, 3.05) is 16.3 Å². The van der Waals surface area contributed by atoms with E-state index in [9.17, 15) is 9.59 Å². The summed E-state index contributed by atoms with van der Waals surface area (Å²) in [7, 11) is 0. The van der Waals surface area contributed by atoms with E-state index in [1.807, 2.05) is 103 Å². The van der Waals surface area contributed by atoms with Gasteiger partial charge in [-0.25, -0.2) is 0 Å². The molecule has 0 saturated carbocycles. The Labute approximate surface area is 217 Å². The molecule has 0 fully saturated rings. The molecule has 1 atom stereocenters. The van der Waals surface area contributed by atoms with E-state index < -0.39 is 5.92 Å². The Morgan fingerprint density at radius 3 is 2.16 bits per heavy atom. The molecule has 2 amide bonds. The summed E-state index contributed by atoms with van der Waals surface area (Å²) < 4.78 is 1.99. The summed E-state index contributed by atoms with van der Waals surface area (Å²) in [6.07, 6.45) is 1.40. The number of hydrogen-bond donors (Lipinski definition) is 0. The van der Waals surface area contributed by atoms with Crippen LogP contribution in [0.5, 0.6) is 0 Å². The van der Waals surface area contributed by atoms with E-state index >= 15 is 0 Å². The van der Waals surface area contributed by atoms with Crippen molar-refractivity contribution in [1.82, 2.24) is 14.8 Å². The molecule has 0 saturated heterocycles. The highest BCUT2D eigenvalue weighted by Gasteiger charge is 2.38. The van der Waals surface area contributed by atoms with Gasteiger partial charge in [-0.05, 0) is 44.5 Å². The minimum absolute atomic E-state index is 0.0667. The molecule has 1 aromatic heterocycles. The third-order valence-corrected chi connectivity index (χ3v) is 6.70. The Morgan fingerprint density at radius 1 is 0.892 bits per heavy atom. The van der Waals surface area contributed by atoms with Gasteiger partial charge in [0.05, 0.1) is 17.3 Å². The summed E-state index contributed by atoms with van der Waals surface area (Å²) in [6, 6.07) is 27.1. The molecule has 7 nitrogen and oxygen atoms in total. The van der Waals surface area contributed by atoms with Crippen LogP contribution < -0.4 is 9.80 Å². The van der Waals surface area contributed by atoms with Gasteiger partial charge in [-0.2, -0.15) is 0 Å². The number of benzene rings is 3. The number of amides is 2. The molecule has 37 heavy (non-hydrogen) atoms. The number of hydrogen-bond acceptors (Lipinski definition) is 4. The quantitative estimate of drug-likeness (QED) is 0.336. The van der Waals surface area contributed by atoms with Gasteiger partial charge >= 0.3 is 0 Å². The van der Waals surface area contributed by atoms with E-state index in [0.29, 0.717) is 23.8 Å². The zero-order chi connectivity index (χ0) is 25.9. The van der Waals surface area contributed by atoms with Crippen molar-refractivity contribution in [2.45, 2.75) is 45.6 Å². The van der Waals surface area contributed by atoms with Crippen molar-refractivity contribution in [3.8, 4) is 17.1 Å². The maximum absolute atomic E-state index is 14.1. The molecule has 1 aliphatic rings. The minimum Gasteiger partial charge on any atom is -0.308 e. The number of carbonyl (C=O) groups is 2. The van der Waals surface area contributed by atoms with Crippen LogP contribution in [0.25, 0.3) is 17.1 Å². The zero-order valence-corrected chi connectivity index (χ0v) is 21.4. The number of anilines is 2. The number of aromatic nitrogens is 3. The van der Waals surface area contributed by atoms with Gasteiger partial charge in [-0.3, -0.25) is 14.2 Å². The van der Waals surface area contributed by atoms with Crippen LogP contribution in [-0.2, 0) is 9.59 Å². The van der Waals surface area contributed by atoms with Crippen LogP contribution in [0.2, 0.25) is 0 Å². The van der Waals surface area contributed by atoms with Gasteiger partial charge in [-0.15, -0.1) is 10.2 Å². The van der Waals surface area contributed by atoms with Gasteiger partial charge in [0.25, 0.3) is 0 Å². The molecule has 4 aromatic rings. The highest BCUT2D eigenvalue weighted by Crippen LogP contribution is 2.38. The summed E-state index contributed by atoms with van der Waals surface area (Å²) in [5.41, 5.74) is 3.19. The Bertz CT molecular complexity index is 1400. The minimum atomic E-state index is -0.514. The SMILES string of the molecule is CCCC1C(=O)N(CC(=O)N(c2ccccc2)C(C)C)c2ccccc2-n2c(-c3ccccc3)nnc21. The normalized spacial score (nSPS) is 14.8. The predicted molar refractivity (Wildman–Crippen MR) is 146 cm³/mol. The zero-order valence-electron chi connectivity index (χ0n) is 21.4. The monoisotopic (exact) mass is 493 g/mol. The van der Waals surface area contributed by atoms with Crippen molar-refractivity contribution < 1.29 is 9.59 Å².